The Morgan fingerprint density at radius 2 is 2.13 bits per heavy atom. The van der Waals surface area contributed by atoms with Crippen molar-refractivity contribution in [3.05, 3.63) is 47.9 Å². The molecule has 120 valence electrons. The molecule has 2 aromatic heterocycles. The summed E-state index contributed by atoms with van der Waals surface area (Å²) in [4.78, 5) is 8.47. The number of ether oxygens (including phenoxy) is 1. The van der Waals surface area contributed by atoms with E-state index in [0.717, 1.165) is 29.4 Å². The maximum atomic E-state index is 5.77. The molecule has 0 aliphatic heterocycles. The van der Waals surface area contributed by atoms with E-state index in [1.54, 1.807) is 4.52 Å². The van der Waals surface area contributed by atoms with Crippen LogP contribution in [-0.4, -0.2) is 26.2 Å². The second-order valence-corrected chi connectivity index (χ2v) is 5.96. The van der Waals surface area contributed by atoms with E-state index < -0.39 is 0 Å². The van der Waals surface area contributed by atoms with Crippen molar-refractivity contribution < 1.29 is 4.74 Å². The number of hydrogen-bond acceptors (Lipinski definition) is 5. The number of aryl methyl sites for hydroxylation is 1. The third kappa shape index (κ3) is 3.77. The van der Waals surface area contributed by atoms with E-state index in [1.807, 2.05) is 25.1 Å². The van der Waals surface area contributed by atoms with E-state index in [2.05, 4.69) is 46.4 Å². The summed E-state index contributed by atoms with van der Waals surface area (Å²) >= 11 is 0. The van der Waals surface area contributed by atoms with Gasteiger partial charge in [0.1, 0.15) is 17.9 Å². The highest BCUT2D eigenvalue weighted by Crippen LogP contribution is 2.16. The zero-order chi connectivity index (χ0) is 16.2. The molecule has 0 amide bonds. The Morgan fingerprint density at radius 3 is 2.96 bits per heavy atom. The molecule has 0 bridgehead atoms. The lowest BCUT2D eigenvalue weighted by Gasteiger charge is -2.11. The van der Waals surface area contributed by atoms with Crippen LogP contribution in [0.2, 0.25) is 0 Å². The monoisotopic (exact) mass is 311 g/mol. The summed E-state index contributed by atoms with van der Waals surface area (Å²) in [6.45, 7) is 7.62. The van der Waals surface area contributed by atoms with Gasteiger partial charge in [-0.05, 0) is 30.5 Å². The number of aromatic nitrogens is 4. The first-order chi connectivity index (χ1) is 11.1. The Labute approximate surface area is 135 Å². The number of anilines is 1. The SMILES string of the molecule is Cc1cc(NCc2cccc(OCC(C)C)c2)n2ncnc2n1. The lowest BCUT2D eigenvalue weighted by Crippen LogP contribution is -2.08. The first-order valence-electron chi connectivity index (χ1n) is 7.75. The minimum atomic E-state index is 0.511. The normalized spacial score (nSPS) is 11.1. The van der Waals surface area contributed by atoms with Gasteiger partial charge in [-0.15, -0.1) is 0 Å². The van der Waals surface area contributed by atoms with Crippen molar-refractivity contribution in [2.24, 2.45) is 5.92 Å². The van der Waals surface area contributed by atoms with Crippen LogP contribution in [-0.2, 0) is 6.54 Å². The molecule has 0 unspecified atom stereocenters. The van der Waals surface area contributed by atoms with Gasteiger partial charge in [-0.3, -0.25) is 0 Å². The van der Waals surface area contributed by atoms with Gasteiger partial charge in [0, 0.05) is 18.3 Å². The number of fused-ring (bicyclic) bond motifs is 1. The van der Waals surface area contributed by atoms with Gasteiger partial charge in [0.05, 0.1) is 6.61 Å². The van der Waals surface area contributed by atoms with Gasteiger partial charge >= 0.3 is 0 Å². The molecule has 1 N–H and O–H groups in total. The zero-order valence-corrected chi connectivity index (χ0v) is 13.7. The van der Waals surface area contributed by atoms with Gasteiger partial charge in [0.15, 0.2) is 0 Å². The molecule has 3 rings (SSSR count). The molecule has 6 heteroatoms. The number of nitrogens with one attached hydrogen (secondary N) is 1. The molecule has 2 heterocycles. The standard InChI is InChI=1S/C17H21N5O/c1-12(2)10-23-15-6-4-5-14(8-15)9-18-16-7-13(3)21-17-19-11-20-22(16)17/h4-8,11-12,18H,9-10H2,1-3H3. The van der Waals surface area contributed by atoms with Crippen molar-refractivity contribution in [1.29, 1.82) is 0 Å². The lowest BCUT2D eigenvalue weighted by atomic mass is 10.2. The highest BCUT2D eigenvalue weighted by atomic mass is 16.5. The molecule has 6 nitrogen and oxygen atoms in total. The Balaban J connectivity index is 1.72. The largest absolute Gasteiger partial charge is 0.493 e. The summed E-state index contributed by atoms with van der Waals surface area (Å²) in [5.74, 6) is 2.88. The van der Waals surface area contributed by atoms with Gasteiger partial charge in [0.25, 0.3) is 5.78 Å². The molecular formula is C17H21N5O. The Bertz CT molecular complexity index is 797. The highest BCUT2D eigenvalue weighted by Gasteiger charge is 2.06. The third-order valence-electron chi connectivity index (χ3n) is 3.34. The Morgan fingerprint density at radius 1 is 1.26 bits per heavy atom. The van der Waals surface area contributed by atoms with E-state index in [4.69, 9.17) is 4.74 Å². The van der Waals surface area contributed by atoms with Crippen LogP contribution in [0.4, 0.5) is 5.82 Å². The maximum absolute atomic E-state index is 5.77. The first kappa shape index (κ1) is 15.3. The summed E-state index contributed by atoms with van der Waals surface area (Å²) in [7, 11) is 0. The van der Waals surface area contributed by atoms with Crippen LogP contribution in [0.3, 0.4) is 0 Å². The quantitative estimate of drug-likeness (QED) is 0.758. The maximum Gasteiger partial charge on any atom is 0.254 e. The van der Waals surface area contributed by atoms with Crippen LogP contribution in [0.5, 0.6) is 5.75 Å². The van der Waals surface area contributed by atoms with Crippen LogP contribution in [0.15, 0.2) is 36.7 Å². The fourth-order valence-electron chi connectivity index (χ4n) is 2.26. The van der Waals surface area contributed by atoms with Crippen LogP contribution in [0.25, 0.3) is 5.78 Å². The molecular weight excluding hydrogens is 290 g/mol. The number of nitrogens with zero attached hydrogens (tertiary/aromatic N) is 4. The van der Waals surface area contributed by atoms with Crippen molar-refractivity contribution in [2.45, 2.75) is 27.3 Å². The molecule has 0 spiro atoms. The van der Waals surface area contributed by atoms with Crippen molar-refractivity contribution >= 4 is 11.6 Å². The first-order valence-corrected chi connectivity index (χ1v) is 7.75. The van der Waals surface area contributed by atoms with E-state index >= 15 is 0 Å². The van der Waals surface area contributed by atoms with Crippen molar-refractivity contribution in [3.8, 4) is 5.75 Å². The highest BCUT2D eigenvalue weighted by molar-refractivity contribution is 5.45. The minimum absolute atomic E-state index is 0.511. The fourth-order valence-corrected chi connectivity index (χ4v) is 2.26. The number of rotatable bonds is 6. The average molecular weight is 311 g/mol. The molecule has 23 heavy (non-hydrogen) atoms. The molecule has 0 aliphatic carbocycles. The topological polar surface area (TPSA) is 64.3 Å². The second-order valence-electron chi connectivity index (χ2n) is 5.96. The van der Waals surface area contributed by atoms with E-state index in [9.17, 15) is 0 Å². The van der Waals surface area contributed by atoms with Crippen molar-refractivity contribution in [2.75, 3.05) is 11.9 Å². The summed E-state index contributed by atoms with van der Waals surface area (Å²) in [5.41, 5.74) is 2.05. The van der Waals surface area contributed by atoms with E-state index in [-0.39, 0.29) is 0 Å². The molecule has 0 saturated carbocycles. The van der Waals surface area contributed by atoms with E-state index in [0.29, 0.717) is 18.2 Å². The minimum Gasteiger partial charge on any atom is -0.493 e. The molecule has 0 aliphatic rings. The van der Waals surface area contributed by atoms with Crippen LogP contribution >= 0.6 is 0 Å². The second kappa shape index (κ2) is 6.64. The predicted molar refractivity (Wildman–Crippen MR) is 89.6 cm³/mol. The predicted octanol–water partition coefficient (Wildman–Crippen LogP) is 3.08. The van der Waals surface area contributed by atoms with Crippen molar-refractivity contribution in [1.82, 2.24) is 19.6 Å². The Hall–Kier alpha value is -2.63. The fraction of sp³-hybridized carbons (Fsp3) is 0.353. The van der Waals surface area contributed by atoms with Crippen LogP contribution in [0, 0.1) is 12.8 Å². The molecule has 3 aromatic rings. The van der Waals surface area contributed by atoms with Crippen molar-refractivity contribution in [3.63, 3.8) is 0 Å². The smallest absolute Gasteiger partial charge is 0.254 e. The Kier molecular flexibility index (Phi) is 4.41. The molecule has 0 radical (unpaired) electrons. The average Bonchev–Trinajstić information content (AvgIpc) is 2.99. The molecule has 0 saturated heterocycles. The van der Waals surface area contributed by atoms with Gasteiger partial charge in [0.2, 0.25) is 0 Å². The molecule has 0 fully saturated rings. The number of hydrogen-bond donors (Lipinski definition) is 1. The summed E-state index contributed by atoms with van der Waals surface area (Å²) < 4.78 is 7.47. The molecule has 1 aromatic carbocycles. The van der Waals surface area contributed by atoms with Gasteiger partial charge < -0.3 is 10.1 Å². The van der Waals surface area contributed by atoms with Crippen LogP contribution < -0.4 is 10.1 Å². The zero-order valence-electron chi connectivity index (χ0n) is 13.7. The van der Waals surface area contributed by atoms with E-state index in [1.165, 1.54) is 6.33 Å². The lowest BCUT2D eigenvalue weighted by molar-refractivity contribution is 0.271. The summed E-state index contributed by atoms with van der Waals surface area (Å²) in [5, 5.41) is 7.58. The van der Waals surface area contributed by atoms with Gasteiger partial charge in [-0.25, -0.2) is 4.98 Å². The van der Waals surface area contributed by atoms with Gasteiger partial charge in [-0.1, -0.05) is 26.0 Å². The third-order valence-corrected chi connectivity index (χ3v) is 3.34. The number of benzene rings is 1. The summed E-state index contributed by atoms with van der Waals surface area (Å²) in [6, 6.07) is 10.1. The van der Waals surface area contributed by atoms with Gasteiger partial charge in [-0.2, -0.15) is 14.6 Å². The van der Waals surface area contributed by atoms with Crippen LogP contribution in [0.1, 0.15) is 25.1 Å². The molecule has 0 atom stereocenters. The summed E-state index contributed by atoms with van der Waals surface area (Å²) in [6.07, 6.45) is 1.51.